The van der Waals surface area contributed by atoms with Crippen LogP contribution in [0, 0.1) is 0 Å². The predicted molar refractivity (Wildman–Crippen MR) is 60.0 cm³/mol. The van der Waals surface area contributed by atoms with Gasteiger partial charge in [-0.3, -0.25) is 0 Å². The third-order valence-electron chi connectivity index (χ3n) is 2.03. The van der Waals surface area contributed by atoms with Crippen molar-refractivity contribution in [3.05, 3.63) is 34.7 Å². The van der Waals surface area contributed by atoms with E-state index in [0.717, 1.165) is 27.6 Å². The molecule has 2 aromatic rings. The van der Waals surface area contributed by atoms with E-state index in [1.807, 2.05) is 25.2 Å². The van der Waals surface area contributed by atoms with Crippen LogP contribution in [0.15, 0.2) is 29.0 Å². The fourth-order valence-corrected chi connectivity index (χ4v) is 1.74. The fraction of sp³-hybridized carbons (Fsp3) is 0.200. The van der Waals surface area contributed by atoms with Gasteiger partial charge >= 0.3 is 0 Å². The lowest BCUT2D eigenvalue weighted by Gasteiger charge is -2.03. The molecule has 1 N–H and O–H groups in total. The molecule has 72 valence electrons. The maximum atomic E-state index is 4.24. The van der Waals surface area contributed by atoms with Crippen LogP contribution in [0.1, 0.15) is 5.69 Å². The first-order chi connectivity index (χ1) is 6.81. The number of nitrogens with zero attached hydrogens (tertiary/aromatic N) is 2. The summed E-state index contributed by atoms with van der Waals surface area (Å²) in [6.45, 7) is 0.765. The number of rotatable bonds is 2. The van der Waals surface area contributed by atoms with E-state index in [4.69, 9.17) is 0 Å². The molecule has 0 saturated heterocycles. The molecular formula is C10H10BrN3. The zero-order chi connectivity index (χ0) is 9.97. The number of halogens is 1. The topological polar surface area (TPSA) is 37.8 Å². The van der Waals surface area contributed by atoms with Gasteiger partial charge in [-0.1, -0.05) is 15.9 Å². The van der Waals surface area contributed by atoms with Crippen LogP contribution in [0.4, 0.5) is 0 Å². The summed E-state index contributed by atoms with van der Waals surface area (Å²) in [7, 11) is 1.91. The molecule has 0 atom stereocenters. The van der Waals surface area contributed by atoms with Gasteiger partial charge in [-0.25, -0.2) is 9.97 Å². The fourth-order valence-electron chi connectivity index (χ4n) is 1.39. The molecule has 0 radical (unpaired) electrons. The Bertz CT molecular complexity index is 456. The summed E-state index contributed by atoms with van der Waals surface area (Å²) in [6.07, 6.45) is 1.60. The highest BCUT2D eigenvalue weighted by Gasteiger charge is 2.02. The highest BCUT2D eigenvalue weighted by Crippen LogP contribution is 2.19. The number of fused-ring (bicyclic) bond motifs is 1. The summed E-state index contributed by atoms with van der Waals surface area (Å²) in [5.74, 6) is 0. The number of benzene rings is 1. The molecule has 1 aromatic heterocycles. The van der Waals surface area contributed by atoms with Crippen LogP contribution >= 0.6 is 15.9 Å². The first-order valence-electron chi connectivity index (χ1n) is 4.35. The van der Waals surface area contributed by atoms with E-state index in [1.165, 1.54) is 0 Å². The normalized spacial score (nSPS) is 10.7. The summed E-state index contributed by atoms with van der Waals surface area (Å²) < 4.78 is 1.04. The third-order valence-corrected chi connectivity index (χ3v) is 2.52. The van der Waals surface area contributed by atoms with Crippen molar-refractivity contribution in [1.82, 2.24) is 15.3 Å². The van der Waals surface area contributed by atoms with Crippen molar-refractivity contribution in [3.8, 4) is 0 Å². The van der Waals surface area contributed by atoms with Gasteiger partial charge in [-0.05, 0) is 25.2 Å². The predicted octanol–water partition coefficient (Wildman–Crippen LogP) is 2.11. The molecule has 0 spiro atoms. The smallest absolute Gasteiger partial charge is 0.116 e. The van der Waals surface area contributed by atoms with Crippen molar-refractivity contribution < 1.29 is 0 Å². The van der Waals surface area contributed by atoms with Crippen LogP contribution in [-0.4, -0.2) is 17.0 Å². The lowest BCUT2D eigenvalue weighted by atomic mass is 10.2. The van der Waals surface area contributed by atoms with Gasteiger partial charge in [-0.15, -0.1) is 0 Å². The summed E-state index contributed by atoms with van der Waals surface area (Å²) in [5, 5.41) is 4.19. The third kappa shape index (κ3) is 1.76. The van der Waals surface area contributed by atoms with Crippen LogP contribution in [0.2, 0.25) is 0 Å². The Morgan fingerprint density at radius 2 is 2.21 bits per heavy atom. The molecule has 0 fully saturated rings. The van der Waals surface area contributed by atoms with E-state index in [-0.39, 0.29) is 0 Å². The molecule has 0 aliphatic rings. The van der Waals surface area contributed by atoms with Crippen molar-refractivity contribution >= 4 is 26.8 Å². The summed E-state index contributed by atoms with van der Waals surface area (Å²) >= 11 is 3.42. The SMILES string of the molecule is CNCc1ncnc2cc(Br)ccc12. The minimum Gasteiger partial charge on any atom is -0.314 e. The van der Waals surface area contributed by atoms with E-state index in [9.17, 15) is 0 Å². The van der Waals surface area contributed by atoms with E-state index in [2.05, 4.69) is 31.2 Å². The number of hydrogen-bond acceptors (Lipinski definition) is 3. The minimum atomic E-state index is 0.765. The largest absolute Gasteiger partial charge is 0.314 e. The van der Waals surface area contributed by atoms with Crippen LogP contribution in [-0.2, 0) is 6.54 Å². The maximum Gasteiger partial charge on any atom is 0.116 e. The second kappa shape index (κ2) is 4.02. The van der Waals surface area contributed by atoms with E-state index in [0.29, 0.717) is 0 Å². The van der Waals surface area contributed by atoms with Gasteiger partial charge in [0.1, 0.15) is 6.33 Å². The molecule has 0 unspecified atom stereocenters. The van der Waals surface area contributed by atoms with Crippen LogP contribution in [0.25, 0.3) is 10.9 Å². The Morgan fingerprint density at radius 1 is 1.36 bits per heavy atom. The van der Waals surface area contributed by atoms with E-state index < -0.39 is 0 Å². The van der Waals surface area contributed by atoms with Gasteiger partial charge in [0.05, 0.1) is 11.2 Å². The van der Waals surface area contributed by atoms with Gasteiger partial charge in [0.15, 0.2) is 0 Å². The Morgan fingerprint density at radius 3 is 3.00 bits per heavy atom. The van der Waals surface area contributed by atoms with Gasteiger partial charge in [0.2, 0.25) is 0 Å². The van der Waals surface area contributed by atoms with Gasteiger partial charge < -0.3 is 5.32 Å². The molecule has 14 heavy (non-hydrogen) atoms. The molecule has 3 nitrogen and oxygen atoms in total. The molecule has 1 heterocycles. The van der Waals surface area contributed by atoms with Gasteiger partial charge in [0.25, 0.3) is 0 Å². The number of hydrogen-bond donors (Lipinski definition) is 1. The van der Waals surface area contributed by atoms with Crippen molar-refractivity contribution in [3.63, 3.8) is 0 Å². The highest BCUT2D eigenvalue weighted by molar-refractivity contribution is 9.10. The molecule has 0 amide bonds. The molecule has 0 aliphatic heterocycles. The highest BCUT2D eigenvalue weighted by atomic mass is 79.9. The maximum absolute atomic E-state index is 4.24. The summed E-state index contributed by atoms with van der Waals surface area (Å²) in [6, 6.07) is 6.03. The summed E-state index contributed by atoms with van der Waals surface area (Å²) in [4.78, 5) is 8.45. The molecular weight excluding hydrogens is 242 g/mol. The number of nitrogens with one attached hydrogen (secondary N) is 1. The molecule has 2 rings (SSSR count). The van der Waals surface area contributed by atoms with Crippen molar-refractivity contribution in [2.45, 2.75) is 6.54 Å². The van der Waals surface area contributed by atoms with Crippen LogP contribution in [0.3, 0.4) is 0 Å². The first-order valence-corrected chi connectivity index (χ1v) is 5.14. The van der Waals surface area contributed by atoms with Gasteiger partial charge in [-0.2, -0.15) is 0 Å². The summed E-state index contributed by atoms with van der Waals surface area (Å²) in [5.41, 5.74) is 2.00. The van der Waals surface area contributed by atoms with Crippen LogP contribution in [0.5, 0.6) is 0 Å². The Labute approximate surface area is 90.7 Å². The quantitative estimate of drug-likeness (QED) is 0.889. The van der Waals surface area contributed by atoms with Crippen molar-refractivity contribution in [1.29, 1.82) is 0 Å². The van der Waals surface area contributed by atoms with Crippen LogP contribution < -0.4 is 5.32 Å². The standard InChI is InChI=1S/C10H10BrN3/c1-12-5-10-8-3-2-7(11)4-9(8)13-6-14-10/h2-4,6,12H,5H2,1H3. The Kier molecular flexibility index (Phi) is 2.74. The molecule has 1 aromatic carbocycles. The second-order valence-electron chi connectivity index (χ2n) is 3.01. The number of aromatic nitrogens is 2. The molecule has 0 saturated carbocycles. The Balaban J connectivity index is 2.62. The average Bonchev–Trinajstić information content (AvgIpc) is 2.18. The molecule has 4 heteroatoms. The minimum absolute atomic E-state index is 0.765. The van der Waals surface area contributed by atoms with E-state index in [1.54, 1.807) is 6.33 Å². The lowest BCUT2D eigenvalue weighted by Crippen LogP contribution is -2.07. The lowest BCUT2D eigenvalue weighted by molar-refractivity contribution is 0.795. The van der Waals surface area contributed by atoms with E-state index >= 15 is 0 Å². The second-order valence-corrected chi connectivity index (χ2v) is 3.93. The first kappa shape index (κ1) is 9.55. The molecule has 0 bridgehead atoms. The van der Waals surface area contributed by atoms with Crippen molar-refractivity contribution in [2.24, 2.45) is 0 Å². The average molecular weight is 252 g/mol. The zero-order valence-electron chi connectivity index (χ0n) is 7.79. The molecule has 0 aliphatic carbocycles. The zero-order valence-corrected chi connectivity index (χ0v) is 9.37. The monoisotopic (exact) mass is 251 g/mol. The van der Waals surface area contributed by atoms with Crippen molar-refractivity contribution in [2.75, 3.05) is 7.05 Å². The van der Waals surface area contributed by atoms with Gasteiger partial charge in [0, 0.05) is 16.4 Å². The Hall–Kier alpha value is -1.000.